The van der Waals surface area contributed by atoms with Crippen LogP contribution in [0.15, 0.2) is 22.7 Å². The quantitative estimate of drug-likeness (QED) is 0.835. The monoisotopic (exact) mass is 333 g/mol. The molecule has 1 aliphatic rings. The Balaban J connectivity index is 2.16. The van der Waals surface area contributed by atoms with E-state index in [1.807, 2.05) is 0 Å². The summed E-state index contributed by atoms with van der Waals surface area (Å²) in [6.45, 7) is 0. The molecule has 0 unspecified atom stereocenters. The number of carbonyl (C=O) groups excluding carboxylic acids is 1. The molecule has 1 saturated carbocycles. The predicted octanol–water partition coefficient (Wildman–Crippen LogP) is 3.87. The van der Waals surface area contributed by atoms with E-state index in [9.17, 15) is 9.18 Å². The molecule has 1 N–H and O–H groups in total. The van der Waals surface area contributed by atoms with Gasteiger partial charge in [-0.3, -0.25) is 4.79 Å². The number of nitrogens with one attached hydrogen (secondary N) is 1. The Morgan fingerprint density at radius 3 is 2.61 bits per heavy atom. The third-order valence-corrected chi connectivity index (χ3v) is 4.29. The number of rotatable bonds is 3. The van der Waals surface area contributed by atoms with Gasteiger partial charge in [0, 0.05) is 15.9 Å². The maximum absolute atomic E-state index is 13.2. The Labute approximate surface area is 119 Å². The molecule has 0 aliphatic heterocycles. The average molecular weight is 335 g/mol. The average Bonchev–Trinajstić information content (AvgIpc) is 2.77. The topological polar surface area (TPSA) is 29.1 Å². The maximum atomic E-state index is 13.2. The molecule has 18 heavy (non-hydrogen) atoms. The molecule has 0 saturated heterocycles. The van der Waals surface area contributed by atoms with Crippen molar-refractivity contribution in [1.29, 1.82) is 0 Å². The molecule has 1 amide bonds. The van der Waals surface area contributed by atoms with Crippen LogP contribution >= 0.6 is 27.5 Å². The molecule has 0 bridgehead atoms. The van der Waals surface area contributed by atoms with Crippen molar-refractivity contribution >= 4 is 33.4 Å². The Kier molecular flexibility index (Phi) is 4.28. The highest BCUT2D eigenvalue weighted by atomic mass is 79.9. The Bertz CT molecular complexity index is 440. The summed E-state index contributed by atoms with van der Waals surface area (Å²) < 4.78 is 13.8. The standard InChI is InChI=1S/C13H14BrClFNO/c14-10-5-9(6-11(16)7-10)12(18)17-13(8-15)3-1-2-4-13/h5-7H,1-4,8H2,(H,17,18). The number of amides is 1. The number of alkyl halides is 1. The van der Waals surface area contributed by atoms with E-state index >= 15 is 0 Å². The van der Waals surface area contributed by atoms with Gasteiger partial charge in [-0.2, -0.15) is 0 Å². The predicted molar refractivity (Wildman–Crippen MR) is 73.5 cm³/mol. The van der Waals surface area contributed by atoms with E-state index in [0.717, 1.165) is 25.7 Å². The molecule has 1 aliphatic carbocycles. The second kappa shape index (κ2) is 5.57. The molecule has 0 spiro atoms. The Morgan fingerprint density at radius 2 is 2.06 bits per heavy atom. The lowest BCUT2D eigenvalue weighted by atomic mass is 9.99. The number of hydrogen-bond donors (Lipinski definition) is 1. The van der Waals surface area contributed by atoms with E-state index in [1.54, 1.807) is 6.07 Å². The summed E-state index contributed by atoms with van der Waals surface area (Å²) in [5, 5.41) is 2.95. The third-order valence-electron chi connectivity index (χ3n) is 3.32. The zero-order chi connectivity index (χ0) is 13.2. The summed E-state index contributed by atoms with van der Waals surface area (Å²) in [7, 11) is 0. The summed E-state index contributed by atoms with van der Waals surface area (Å²) in [4.78, 5) is 12.1. The molecule has 0 aromatic heterocycles. The molecule has 1 fully saturated rings. The minimum atomic E-state index is -0.430. The van der Waals surface area contributed by atoms with Gasteiger partial charge in [0.2, 0.25) is 0 Å². The van der Waals surface area contributed by atoms with Crippen LogP contribution < -0.4 is 5.32 Å². The van der Waals surface area contributed by atoms with Crippen molar-refractivity contribution in [3.63, 3.8) is 0 Å². The zero-order valence-electron chi connectivity index (χ0n) is 9.81. The van der Waals surface area contributed by atoms with Gasteiger partial charge in [0.25, 0.3) is 5.91 Å². The van der Waals surface area contributed by atoms with Crippen molar-refractivity contribution in [3.05, 3.63) is 34.1 Å². The summed E-state index contributed by atoms with van der Waals surface area (Å²) in [6, 6.07) is 4.16. The second-order valence-corrected chi connectivity index (χ2v) is 5.92. The third kappa shape index (κ3) is 3.04. The van der Waals surface area contributed by atoms with E-state index in [2.05, 4.69) is 21.2 Å². The van der Waals surface area contributed by atoms with Crippen molar-refractivity contribution in [2.45, 2.75) is 31.2 Å². The van der Waals surface area contributed by atoms with Crippen molar-refractivity contribution < 1.29 is 9.18 Å². The SMILES string of the molecule is O=C(NC1(CCl)CCCC1)c1cc(F)cc(Br)c1. The smallest absolute Gasteiger partial charge is 0.251 e. The summed E-state index contributed by atoms with van der Waals surface area (Å²) in [5.74, 6) is -0.298. The van der Waals surface area contributed by atoms with Crippen LogP contribution in [0.4, 0.5) is 4.39 Å². The molecule has 2 nitrogen and oxygen atoms in total. The van der Waals surface area contributed by atoms with E-state index in [-0.39, 0.29) is 11.4 Å². The van der Waals surface area contributed by atoms with Gasteiger partial charge in [-0.1, -0.05) is 28.8 Å². The largest absolute Gasteiger partial charge is 0.345 e. The van der Waals surface area contributed by atoms with Crippen LogP contribution in [0.5, 0.6) is 0 Å². The molecule has 0 atom stereocenters. The van der Waals surface area contributed by atoms with Gasteiger partial charge in [0.05, 0.1) is 5.54 Å². The highest BCUT2D eigenvalue weighted by Crippen LogP contribution is 2.31. The number of carbonyl (C=O) groups is 1. The first kappa shape index (κ1) is 13.8. The summed E-state index contributed by atoms with van der Waals surface area (Å²) >= 11 is 9.14. The van der Waals surface area contributed by atoms with E-state index in [1.165, 1.54) is 12.1 Å². The van der Waals surface area contributed by atoms with Gasteiger partial charge in [-0.25, -0.2) is 4.39 Å². The van der Waals surface area contributed by atoms with Gasteiger partial charge in [-0.05, 0) is 31.0 Å². The van der Waals surface area contributed by atoms with Crippen molar-refractivity contribution in [3.8, 4) is 0 Å². The molecule has 1 aromatic rings. The van der Waals surface area contributed by atoms with Gasteiger partial charge >= 0.3 is 0 Å². The lowest BCUT2D eigenvalue weighted by Gasteiger charge is -2.27. The van der Waals surface area contributed by atoms with Crippen LogP contribution in [0.1, 0.15) is 36.0 Å². The second-order valence-electron chi connectivity index (χ2n) is 4.73. The summed E-state index contributed by atoms with van der Waals surface area (Å²) in [5.41, 5.74) is -0.00415. The number of benzene rings is 1. The van der Waals surface area contributed by atoms with Crippen molar-refractivity contribution in [1.82, 2.24) is 5.32 Å². The van der Waals surface area contributed by atoms with Crippen LogP contribution in [0.2, 0.25) is 0 Å². The normalized spacial score (nSPS) is 17.7. The molecule has 1 aromatic carbocycles. The molecule has 0 radical (unpaired) electrons. The van der Waals surface area contributed by atoms with Crippen LogP contribution in [0.3, 0.4) is 0 Å². The number of hydrogen-bond acceptors (Lipinski definition) is 1. The first-order valence-electron chi connectivity index (χ1n) is 5.89. The molecule has 0 heterocycles. The van der Waals surface area contributed by atoms with E-state index in [0.29, 0.717) is 15.9 Å². The Morgan fingerprint density at radius 1 is 1.39 bits per heavy atom. The molecular weight excluding hydrogens is 321 g/mol. The van der Waals surface area contributed by atoms with Crippen LogP contribution in [-0.4, -0.2) is 17.3 Å². The molecular formula is C13H14BrClFNO. The first-order chi connectivity index (χ1) is 8.54. The van der Waals surface area contributed by atoms with E-state index < -0.39 is 5.82 Å². The molecule has 5 heteroatoms. The fourth-order valence-corrected chi connectivity index (χ4v) is 3.14. The molecule has 98 valence electrons. The lowest BCUT2D eigenvalue weighted by molar-refractivity contribution is 0.0909. The van der Waals surface area contributed by atoms with Crippen LogP contribution in [0, 0.1) is 5.82 Å². The van der Waals surface area contributed by atoms with Gasteiger partial charge in [0.15, 0.2) is 0 Å². The van der Waals surface area contributed by atoms with Gasteiger partial charge in [-0.15, -0.1) is 11.6 Å². The maximum Gasteiger partial charge on any atom is 0.251 e. The zero-order valence-corrected chi connectivity index (χ0v) is 12.2. The van der Waals surface area contributed by atoms with Crippen molar-refractivity contribution in [2.75, 3.05) is 5.88 Å². The minimum Gasteiger partial charge on any atom is -0.345 e. The molecule has 2 rings (SSSR count). The minimum absolute atomic E-state index is 0.266. The fourth-order valence-electron chi connectivity index (χ4n) is 2.34. The summed E-state index contributed by atoms with van der Waals surface area (Å²) in [6.07, 6.45) is 3.91. The van der Waals surface area contributed by atoms with Crippen LogP contribution in [0.25, 0.3) is 0 Å². The Hall–Kier alpha value is -0.610. The van der Waals surface area contributed by atoms with Gasteiger partial charge in [0.1, 0.15) is 5.82 Å². The lowest BCUT2D eigenvalue weighted by Crippen LogP contribution is -2.47. The highest BCUT2D eigenvalue weighted by Gasteiger charge is 2.34. The highest BCUT2D eigenvalue weighted by molar-refractivity contribution is 9.10. The van der Waals surface area contributed by atoms with Crippen LogP contribution in [-0.2, 0) is 0 Å². The van der Waals surface area contributed by atoms with Gasteiger partial charge < -0.3 is 5.32 Å². The number of halogens is 3. The van der Waals surface area contributed by atoms with Crippen molar-refractivity contribution in [2.24, 2.45) is 0 Å². The fraction of sp³-hybridized carbons (Fsp3) is 0.462. The first-order valence-corrected chi connectivity index (χ1v) is 7.22. The van der Waals surface area contributed by atoms with E-state index in [4.69, 9.17) is 11.6 Å².